The van der Waals surface area contributed by atoms with Gasteiger partial charge in [0.25, 0.3) is 0 Å². The van der Waals surface area contributed by atoms with Crippen LogP contribution in [0.2, 0.25) is 0 Å². The van der Waals surface area contributed by atoms with Crippen molar-refractivity contribution in [2.75, 3.05) is 61.6 Å². The van der Waals surface area contributed by atoms with Crippen LogP contribution in [0, 0.1) is 0 Å². The molecule has 0 radical (unpaired) electrons. The second kappa shape index (κ2) is 10.7. The van der Waals surface area contributed by atoms with Crippen LogP contribution in [-0.2, 0) is 4.79 Å². The number of anilines is 5. The number of nitrogens with zero attached hydrogens (tertiary/aromatic N) is 3. The van der Waals surface area contributed by atoms with Gasteiger partial charge in [-0.15, -0.1) is 0 Å². The van der Waals surface area contributed by atoms with Crippen molar-refractivity contribution in [3.8, 4) is 5.75 Å². The number of nitrogens with one attached hydrogen (secondary N) is 2. The molecule has 0 saturated carbocycles. The molecule has 1 amide bonds. The van der Waals surface area contributed by atoms with Gasteiger partial charge in [-0.2, -0.15) is 0 Å². The Balaban J connectivity index is 1.48. The van der Waals surface area contributed by atoms with Crippen LogP contribution < -0.4 is 26.0 Å². The number of benzene rings is 2. The molecule has 0 aliphatic carbocycles. The monoisotopic (exact) mass is 494 g/mol. The minimum Gasteiger partial charge on any atom is -0.494 e. The molecule has 0 spiro atoms. The summed E-state index contributed by atoms with van der Waals surface area (Å²) in [4.78, 5) is 33.9. The first-order valence-corrected chi connectivity index (χ1v) is 12.3. The molecule has 9 nitrogen and oxygen atoms in total. The van der Waals surface area contributed by atoms with Crippen molar-refractivity contribution in [1.29, 1.82) is 0 Å². The van der Waals surface area contributed by atoms with Crippen molar-refractivity contribution >= 4 is 51.0 Å². The van der Waals surface area contributed by atoms with E-state index in [0.29, 0.717) is 33.4 Å². The molecule has 1 aromatic heterocycles. The van der Waals surface area contributed by atoms with Crippen molar-refractivity contribution in [3.63, 3.8) is 0 Å². The molecule has 1 fully saturated rings. The summed E-state index contributed by atoms with van der Waals surface area (Å²) in [6, 6.07) is 12.7. The third kappa shape index (κ3) is 5.72. The standard InChI is InChI=1S/C25H30N6O3S/c1-4-21(32)27-17-7-5-16(6-8-17)22(33)23-24(26)29-25(35-23)28-19-10-9-18(15-20(19)34-3)31-13-11-30(2)12-14-31/h5-10,15H,4,11-14,26H2,1-3H3,(H,27,32)(H,28,29). The van der Waals surface area contributed by atoms with Gasteiger partial charge in [-0.05, 0) is 43.4 Å². The summed E-state index contributed by atoms with van der Waals surface area (Å²) >= 11 is 1.19. The maximum atomic E-state index is 13.0. The molecule has 4 rings (SSSR count). The number of carbonyl (C=O) groups is 2. The van der Waals surface area contributed by atoms with E-state index in [9.17, 15) is 9.59 Å². The number of thiazole rings is 1. The molecule has 2 aromatic carbocycles. The lowest BCUT2D eigenvalue weighted by molar-refractivity contribution is -0.115. The fourth-order valence-corrected chi connectivity index (χ4v) is 4.65. The minimum atomic E-state index is -0.223. The summed E-state index contributed by atoms with van der Waals surface area (Å²) < 4.78 is 5.62. The highest BCUT2D eigenvalue weighted by atomic mass is 32.1. The van der Waals surface area contributed by atoms with E-state index in [0.717, 1.165) is 37.6 Å². The Morgan fingerprint density at radius 1 is 1.11 bits per heavy atom. The summed E-state index contributed by atoms with van der Waals surface area (Å²) in [5.74, 6) is 0.545. The first-order valence-electron chi connectivity index (χ1n) is 11.5. The number of ketones is 1. The largest absolute Gasteiger partial charge is 0.494 e. The number of ether oxygens (including phenoxy) is 1. The van der Waals surface area contributed by atoms with Gasteiger partial charge in [0.1, 0.15) is 16.4 Å². The van der Waals surface area contributed by atoms with Gasteiger partial charge >= 0.3 is 0 Å². The van der Waals surface area contributed by atoms with Crippen molar-refractivity contribution in [3.05, 3.63) is 52.9 Å². The zero-order chi connectivity index (χ0) is 24.9. The summed E-state index contributed by atoms with van der Waals surface area (Å²) in [6.07, 6.45) is 0.386. The normalized spacial score (nSPS) is 14.0. The van der Waals surface area contributed by atoms with Crippen LogP contribution in [0.25, 0.3) is 0 Å². The van der Waals surface area contributed by atoms with Crippen LogP contribution >= 0.6 is 11.3 Å². The highest BCUT2D eigenvalue weighted by Gasteiger charge is 2.20. The van der Waals surface area contributed by atoms with Crippen LogP contribution in [0.3, 0.4) is 0 Å². The second-order valence-corrected chi connectivity index (χ2v) is 9.34. The van der Waals surface area contributed by atoms with Crippen molar-refractivity contribution in [2.24, 2.45) is 0 Å². The van der Waals surface area contributed by atoms with Crippen LogP contribution in [-0.4, -0.2) is 61.9 Å². The van der Waals surface area contributed by atoms with Gasteiger partial charge < -0.3 is 30.9 Å². The molecule has 1 aliphatic rings. The van der Waals surface area contributed by atoms with Gasteiger partial charge in [0.05, 0.1) is 12.8 Å². The SMILES string of the molecule is CCC(=O)Nc1ccc(C(=O)c2sc(Nc3ccc(N4CCN(C)CC4)cc3OC)nc2N)cc1. The Kier molecular flexibility index (Phi) is 7.52. The summed E-state index contributed by atoms with van der Waals surface area (Å²) in [6.45, 7) is 5.75. The fourth-order valence-electron chi connectivity index (χ4n) is 3.79. The molecule has 3 aromatic rings. The van der Waals surface area contributed by atoms with Gasteiger partial charge in [-0.25, -0.2) is 4.98 Å². The first kappa shape index (κ1) is 24.5. The predicted octanol–water partition coefficient (Wildman–Crippen LogP) is 3.81. The molecule has 35 heavy (non-hydrogen) atoms. The molecule has 0 unspecified atom stereocenters. The van der Waals surface area contributed by atoms with E-state index >= 15 is 0 Å². The predicted molar refractivity (Wildman–Crippen MR) is 141 cm³/mol. The van der Waals surface area contributed by atoms with Gasteiger partial charge in [-0.3, -0.25) is 9.59 Å². The second-order valence-electron chi connectivity index (χ2n) is 8.34. The molecule has 1 saturated heterocycles. The smallest absolute Gasteiger partial charge is 0.224 e. The molecular formula is C25H30N6O3S. The number of hydrogen-bond acceptors (Lipinski definition) is 9. The van der Waals surface area contributed by atoms with Crippen LogP contribution in [0.15, 0.2) is 42.5 Å². The summed E-state index contributed by atoms with van der Waals surface area (Å²) in [5.41, 5.74) is 9.05. The maximum Gasteiger partial charge on any atom is 0.224 e. The van der Waals surface area contributed by atoms with E-state index in [-0.39, 0.29) is 17.5 Å². The number of amides is 1. The Morgan fingerprint density at radius 2 is 1.83 bits per heavy atom. The molecule has 2 heterocycles. The van der Waals surface area contributed by atoms with Gasteiger partial charge in [-0.1, -0.05) is 18.3 Å². The molecule has 1 aliphatic heterocycles. The third-order valence-corrected chi connectivity index (χ3v) is 6.89. The van der Waals surface area contributed by atoms with Crippen molar-refractivity contribution < 1.29 is 14.3 Å². The van der Waals surface area contributed by atoms with E-state index in [2.05, 4.69) is 38.5 Å². The quantitative estimate of drug-likeness (QED) is 0.405. The van der Waals surface area contributed by atoms with Gasteiger partial charge in [0.2, 0.25) is 11.7 Å². The molecule has 4 N–H and O–H groups in total. The number of methoxy groups -OCH3 is 1. The minimum absolute atomic E-state index is 0.0847. The highest BCUT2D eigenvalue weighted by molar-refractivity contribution is 7.18. The Labute approximate surface area is 208 Å². The number of carbonyl (C=O) groups excluding carboxylic acids is 2. The van der Waals surface area contributed by atoms with E-state index in [1.54, 1.807) is 38.3 Å². The van der Waals surface area contributed by atoms with Gasteiger partial charge in [0, 0.05) is 55.6 Å². The number of rotatable bonds is 8. The van der Waals surface area contributed by atoms with E-state index in [1.165, 1.54) is 11.3 Å². The molecule has 0 atom stereocenters. The number of aromatic nitrogens is 1. The van der Waals surface area contributed by atoms with Crippen molar-refractivity contribution in [1.82, 2.24) is 9.88 Å². The summed E-state index contributed by atoms with van der Waals surface area (Å²) in [5, 5.41) is 6.51. The average Bonchev–Trinajstić information content (AvgIpc) is 3.24. The highest BCUT2D eigenvalue weighted by Crippen LogP contribution is 2.35. The van der Waals surface area contributed by atoms with E-state index < -0.39 is 0 Å². The molecule has 10 heteroatoms. The number of likely N-dealkylation sites (N-methyl/N-ethyl adjacent to an activating group) is 1. The zero-order valence-corrected chi connectivity index (χ0v) is 20.9. The molecule has 184 valence electrons. The van der Waals surface area contributed by atoms with Gasteiger partial charge in [0.15, 0.2) is 5.13 Å². The lowest BCUT2D eigenvalue weighted by atomic mass is 10.1. The Bertz CT molecular complexity index is 1200. The van der Waals surface area contributed by atoms with Crippen LogP contribution in [0.5, 0.6) is 5.75 Å². The van der Waals surface area contributed by atoms with Crippen LogP contribution in [0.1, 0.15) is 28.6 Å². The lowest BCUT2D eigenvalue weighted by Gasteiger charge is -2.34. The third-order valence-electron chi connectivity index (χ3n) is 5.91. The van der Waals surface area contributed by atoms with E-state index in [4.69, 9.17) is 10.5 Å². The number of piperazine rings is 1. The van der Waals surface area contributed by atoms with Crippen molar-refractivity contribution in [2.45, 2.75) is 13.3 Å². The first-order chi connectivity index (χ1) is 16.9. The topological polar surface area (TPSA) is 113 Å². The average molecular weight is 495 g/mol. The molecule has 0 bridgehead atoms. The summed E-state index contributed by atoms with van der Waals surface area (Å²) in [7, 11) is 3.76. The maximum absolute atomic E-state index is 13.0. The number of nitrogens with two attached hydrogens (primary N) is 1. The van der Waals surface area contributed by atoms with Crippen LogP contribution in [0.4, 0.5) is 28.0 Å². The number of hydrogen-bond donors (Lipinski definition) is 3. The van der Waals surface area contributed by atoms with E-state index in [1.807, 2.05) is 12.1 Å². The fraction of sp³-hybridized carbons (Fsp3) is 0.320. The zero-order valence-electron chi connectivity index (χ0n) is 20.1. The lowest BCUT2D eigenvalue weighted by Crippen LogP contribution is -2.44. The number of nitrogen functional groups attached to an aromatic ring is 1. The molecular weight excluding hydrogens is 464 g/mol. The Morgan fingerprint density at radius 3 is 2.49 bits per heavy atom. The Hall–Kier alpha value is -3.63.